The van der Waals surface area contributed by atoms with Crippen molar-refractivity contribution in [1.29, 1.82) is 0 Å². The summed E-state index contributed by atoms with van der Waals surface area (Å²) in [6.45, 7) is 0. The lowest BCUT2D eigenvalue weighted by atomic mass is 10.0. The first-order chi connectivity index (χ1) is 32.5. The maximum absolute atomic E-state index is 5.81. The van der Waals surface area contributed by atoms with Crippen molar-refractivity contribution in [1.82, 2.24) is 29.9 Å². The summed E-state index contributed by atoms with van der Waals surface area (Å²) in [5, 5.41) is 2.41. The van der Waals surface area contributed by atoms with Crippen LogP contribution in [0.15, 0.2) is 247 Å². The van der Waals surface area contributed by atoms with Gasteiger partial charge in [-0.3, -0.25) is 0 Å². The molecule has 0 aliphatic heterocycles. The zero-order valence-electron chi connectivity index (χ0n) is 36.1. The number of halogens is 2. The van der Waals surface area contributed by atoms with Crippen LogP contribution in [-0.4, -0.2) is 29.9 Å². The van der Waals surface area contributed by atoms with E-state index in [0.717, 1.165) is 78.9 Å². The fourth-order valence-electron chi connectivity index (χ4n) is 7.33. The summed E-state index contributed by atoms with van der Waals surface area (Å²) in [6.07, 6.45) is 0. The number of fused-ring (bicyclic) bond motifs is 1. The molecule has 11 rings (SSSR count). The number of hydrogen-bond acceptors (Lipinski definition) is 7. The van der Waals surface area contributed by atoms with Gasteiger partial charge in [0.2, 0.25) is 5.95 Å². The molecular weight excluding hydrogens is 954 g/mol. The summed E-state index contributed by atoms with van der Waals surface area (Å²) >= 11 is 3.39. The van der Waals surface area contributed by atoms with Crippen LogP contribution in [0.5, 0.6) is 0 Å². The van der Waals surface area contributed by atoms with Crippen LogP contribution in [-0.2, 0) is 0 Å². The Morgan fingerprint density at radius 1 is 0.269 bits per heavy atom. The van der Waals surface area contributed by atoms with Gasteiger partial charge >= 0.3 is 0 Å². The summed E-state index contributed by atoms with van der Waals surface area (Å²) in [7, 11) is 0. The van der Waals surface area contributed by atoms with Gasteiger partial charge < -0.3 is 5.73 Å². The van der Waals surface area contributed by atoms with E-state index in [9.17, 15) is 0 Å². The molecule has 9 heteroatoms. The Bertz CT molecular complexity index is 3010. The van der Waals surface area contributed by atoms with Gasteiger partial charge in [0.15, 0.2) is 10.6 Å². The lowest BCUT2D eigenvalue weighted by molar-refractivity contribution is 1.12. The summed E-state index contributed by atoms with van der Waals surface area (Å²) < 4.78 is 0.604. The van der Waals surface area contributed by atoms with Gasteiger partial charge in [0.05, 0.1) is 34.2 Å². The Kier molecular flexibility index (Phi) is 15.2. The normalized spacial score (nSPS) is 10.4. The fourth-order valence-corrected chi connectivity index (χ4v) is 7.71. The van der Waals surface area contributed by atoms with E-state index < -0.39 is 0 Å². The van der Waals surface area contributed by atoms with Crippen molar-refractivity contribution in [3.05, 3.63) is 247 Å². The maximum Gasteiger partial charge on any atom is 0.221 e. The van der Waals surface area contributed by atoms with Crippen LogP contribution in [0.25, 0.3) is 89.7 Å². The van der Waals surface area contributed by atoms with Crippen LogP contribution < -0.4 is 5.73 Å². The highest BCUT2D eigenvalue weighted by Gasteiger charge is 2.12. The first-order valence-corrected chi connectivity index (χ1v) is 22.2. The highest BCUT2D eigenvalue weighted by atomic mass is 79.9. The summed E-state index contributed by atoms with van der Waals surface area (Å²) in [5.41, 5.74) is 18.6. The number of hydrogen-bond donors (Lipinski definition) is 1. The molecule has 8 aromatic carbocycles. The zero-order valence-corrected chi connectivity index (χ0v) is 39.4. The van der Waals surface area contributed by atoms with Crippen LogP contribution in [0, 0.1) is 0 Å². The number of anilines is 1. The van der Waals surface area contributed by atoms with Gasteiger partial charge in [-0.05, 0) is 51.0 Å². The van der Waals surface area contributed by atoms with Crippen molar-refractivity contribution >= 4 is 49.6 Å². The number of nitrogens with zero attached hydrogens (tertiary/aromatic N) is 6. The Morgan fingerprint density at radius 3 is 0.896 bits per heavy atom. The molecule has 0 atom stereocenters. The average Bonchev–Trinajstić information content (AvgIpc) is 3.40. The van der Waals surface area contributed by atoms with Gasteiger partial charge in [-0.15, -0.1) is 17.0 Å². The molecular formula is C58H43Br2N7. The molecule has 0 fully saturated rings. The van der Waals surface area contributed by atoms with Crippen molar-refractivity contribution < 1.29 is 0 Å². The quantitative estimate of drug-likeness (QED) is 0.159. The second kappa shape index (κ2) is 22.3. The molecule has 7 nitrogen and oxygen atoms in total. The second-order valence-electron chi connectivity index (χ2n) is 15.1. The number of nitrogens with two attached hydrogens (primary N) is 1. The van der Waals surface area contributed by atoms with Gasteiger partial charge in [0, 0.05) is 38.9 Å². The SMILES string of the molecule is Br.Brc1nc(-c2ccccc2)cc(-c2ccccc2)n1.Nc1nc(-c2ccccc2)cc(-c2ccccc2)n1.c1ccc(-c2cc(-c3ccccc3)nc(-c3ccc4ccccc4c3)n2)cc1. The summed E-state index contributed by atoms with van der Waals surface area (Å²) in [6, 6.07) is 81.4. The third-order valence-corrected chi connectivity index (χ3v) is 10.9. The standard InChI is InChI=1S/C26H18N2.C16H11BrN2.C16H13N3.BrH/c1-3-10-20(11-4-1)24-18-25(21-12-5-2-6-13-21)28-26(27-24)23-16-15-19-9-7-8-14-22(19)17-23;2*17-16-18-14(12-7-3-1-4-8-12)11-15(19-16)13-9-5-2-6-10-13;/h1-18H;1-11H;1-11H,(H2,17,18,19);1H. The van der Waals surface area contributed by atoms with Crippen LogP contribution in [0.3, 0.4) is 0 Å². The second-order valence-corrected chi connectivity index (χ2v) is 15.8. The molecule has 324 valence electrons. The Morgan fingerprint density at radius 2 is 0.552 bits per heavy atom. The van der Waals surface area contributed by atoms with Crippen LogP contribution >= 0.6 is 32.9 Å². The monoisotopic (exact) mass is 995 g/mol. The number of nitrogen functional groups attached to an aromatic ring is 1. The molecule has 0 bridgehead atoms. The molecule has 0 spiro atoms. The van der Waals surface area contributed by atoms with Gasteiger partial charge in [0.25, 0.3) is 0 Å². The molecule has 3 aromatic heterocycles. The van der Waals surface area contributed by atoms with Gasteiger partial charge in [0.1, 0.15) is 0 Å². The molecule has 0 amide bonds. The molecule has 0 unspecified atom stereocenters. The van der Waals surface area contributed by atoms with Crippen LogP contribution in [0.2, 0.25) is 0 Å². The Hall–Kier alpha value is -7.98. The molecule has 67 heavy (non-hydrogen) atoms. The summed E-state index contributed by atoms with van der Waals surface area (Å²) in [5.74, 6) is 1.03. The van der Waals surface area contributed by atoms with Crippen molar-refractivity contribution in [3.63, 3.8) is 0 Å². The number of aromatic nitrogens is 6. The minimum atomic E-state index is 0. The van der Waals surface area contributed by atoms with Crippen LogP contribution in [0.1, 0.15) is 0 Å². The van der Waals surface area contributed by atoms with Gasteiger partial charge in [-0.1, -0.05) is 218 Å². The van der Waals surface area contributed by atoms with Gasteiger partial charge in [-0.2, -0.15) is 0 Å². The van der Waals surface area contributed by atoms with E-state index in [0.29, 0.717) is 10.7 Å². The highest BCUT2D eigenvalue weighted by Crippen LogP contribution is 2.30. The van der Waals surface area contributed by atoms with E-state index in [1.165, 1.54) is 10.8 Å². The molecule has 2 N–H and O–H groups in total. The minimum absolute atomic E-state index is 0. The first-order valence-electron chi connectivity index (χ1n) is 21.4. The van der Waals surface area contributed by atoms with Crippen molar-refractivity contribution in [2.75, 3.05) is 5.73 Å². The van der Waals surface area contributed by atoms with Crippen LogP contribution in [0.4, 0.5) is 5.95 Å². The topological polar surface area (TPSA) is 103 Å². The molecule has 0 radical (unpaired) electrons. The number of rotatable bonds is 7. The molecule has 11 aromatic rings. The largest absolute Gasteiger partial charge is 0.368 e. The summed E-state index contributed by atoms with van der Waals surface area (Å²) in [4.78, 5) is 27.3. The van der Waals surface area contributed by atoms with E-state index in [2.05, 4.69) is 109 Å². The van der Waals surface area contributed by atoms with Gasteiger partial charge in [-0.25, -0.2) is 29.9 Å². The third-order valence-electron chi connectivity index (χ3n) is 10.6. The zero-order chi connectivity index (χ0) is 44.9. The number of benzene rings is 8. The Balaban J connectivity index is 0.000000139. The average molecular weight is 998 g/mol. The van der Waals surface area contributed by atoms with E-state index in [-0.39, 0.29) is 17.0 Å². The molecule has 0 saturated heterocycles. The van der Waals surface area contributed by atoms with Crippen molar-refractivity contribution in [3.8, 4) is 78.9 Å². The smallest absolute Gasteiger partial charge is 0.221 e. The van der Waals surface area contributed by atoms with Crippen molar-refractivity contribution in [2.45, 2.75) is 0 Å². The van der Waals surface area contributed by atoms with E-state index in [4.69, 9.17) is 15.7 Å². The molecule has 0 saturated carbocycles. The molecule has 3 heterocycles. The third kappa shape index (κ3) is 11.8. The van der Waals surface area contributed by atoms with Crippen molar-refractivity contribution in [2.24, 2.45) is 0 Å². The predicted octanol–water partition coefficient (Wildman–Crippen LogP) is 15.2. The predicted molar refractivity (Wildman–Crippen MR) is 284 cm³/mol. The lowest BCUT2D eigenvalue weighted by Crippen LogP contribution is -1.98. The lowest BCUT2D eigenvalue weighted by Gasteiger charge is -2.10. The van der Waals surface area contributed by atoms with E-state index >= 15 is 0 Å². The molecule has 0 aliphatic carbocycles. The maximum atomic E-state index is 5.81. The van der Waals surface area contributed by atoms with E-state index in [1.54, 1.807) is 0 Å². The fraction of sp³-hybridized carbons (Fsp3) is 0. The highest BCUT2D eigenvalue weighted by molar-refractivity contribution is 9.10. The minimum Gasteiger partial charge on any atom is -0.368 e. The molecule has 0 aliphatic rings. The first kappa shape index (κ1) is 45.6. The van der Waals surface area contributed by atoms with E-state index in [1.807, 2.05) is 170 Å². The Labute approximate surface area is 409 Å².